The Morgan fingerprint density at radius 3 is 2.50 bits per heavy atom. The molecule has 3 aromatic carbocycles. The number of aryl methyl sites for hydroxylation is 2. The quantitative estimate of drug-likeness (QED) is 0.338. The van der Waals surface area contributed by atoms with Crippen molar-refractivity contribution >= 4 is 29.7 Å². The van der Waals surface area contributed by atoms with E-state index >= 15 is 0 Å². The second kappa shape index (κ2) is 10.3. The molecule has 0 bridgehead atoms. The molecular weight excluding hydrogens is 446 g/mol. The van der Waals surface area contributed by atoms with E-state index in [1.54, 1.807) is 16.7 Å². The van der Waals surface area contributed by atoms with Crippen molar-refractivity contribution in [2.45, 2.75) is 26.9 Å². The molecule has 0 radical (unpaired) electrons. The molecule has 4 rings (SSSR count). The van der Waals surface area contributed by atoms with Crippen LogP contribution in [-0.4, -0.2) is 26.6 Å². The van der Waals surface area contributed by atoms with Crippen LogP contribution in [0, 0.1) is 18.6 Å². The fraction of sp³-hybridized carbons (Fsp3) is 0.154. The van der Waals surface area contributed by atoms with Crippen LogP contribution in [-0.2, 0) is 17.9 Å². The van der Waals surface area contributed by atoms with Crippen molar-refractivity contribution in [3.63, 3.8) is 0 Å². The normalized spacial score (nSPS) is 10.6. The van der Waals surface area contributed by atoms with E-state index in [1.165, 1.54) is 0 Å². The van der Waals surface area contributed by atoms with E-state index in [-0.39, 0.29) is 18.4 Å². The van der Waals surface area contributed by atoms with E-state index in [9.17, 15) is 9.59 Å². The number of aromatic nitrogens is 3. The summed E-state index contributed by atoms with van der Waals surface area (Å²) in [6, 6.07) is 22.6. The maximum atomic E-state index is 12.7. The Kier molecular flexibility index (Phi) is 6.98. The zero-order chi connectivity index (χ0) is 24.1. The highest BCUT2D eigenvalue weighted by Crippen LogP contribution is 2.18. The molecule has 0 aliphatic heterocycles. The Morgan fingerprint density at radius 2 is 1.74 bits per heavy atom. The summed E-state index contributed by atoms with van der Waals surface area (Å²) in [5.41, 5.74) is 5.19. The number of hydrogen-bond acceptors (Lipinski definition) is 4. The van der Waals surface area contributed by atoms with Crippen LogP contribution < -0.4 is 10.6 Å². The molecule has 0 saturated carbocycles. The minimum Gasteiger partial charge on any atom is -0.350 e. The third-order valence-corrected chi connectivity index (χ3v) is 5.64. The number of H-pyrrole nitrogens is 1. The van der Waals surface area contributed by atoms with Crippen molar-refractivity contribution in [1.29, 1.82) is 0 Å². The maximum absolute atomic E-state index is 12.7. The van der Waals surface area contributed by atoms with Gasteiger partial charge in [0.2, 0.25) is 5.91 Å². The lowest BCUT2D eigenvalue weighted by atomic mass is 10.1. The molecule has 7 nitrogen and oxygen atoms in total. The maximum Gasteiger partial charge on any atom is 0.255 e. The SMILES string of the molecule is Cc1ccc(C(=O)Nc2cccc(CNC(=O)Cn3c(-c4cccc(C)c4)n[nH]c3=S)c2)cc1. The van der Waals surface area contributed by atoms with E-state index in [0.29, 0.717) is 28.4 Å². The first-order valence-corrected chi connectivity index (χ1v) is 11.3. The number of hydrogen-bond donors (Lipinski definition) is 3. The zero-order valence-corrected chi connectivity index (χ0v) is 19.8. The third-order valence-electron chi connectivity index (χ3n) is 5.32. The summed E-state index contributed by atoms with van der Waals surface area (Å²) >= 11 is 5.33. The summed E-state index contributed by atoms with van der Waals surface area (Å²) in [6.07, 6.45) is 0. The molecule has 4 aromatic rings. The second-order valence-corrected chi connectivity index (χ2v) is 8.49. The van der Waals surface area contributed by atoms with Crippen LogP contribution in [0.25, 0.3) is 11.4 Å². The van der Waals surface area contributed by atoms with Crippen LogP contribution in [0.2, 0.25) is 0 Å². The van der Waals surface area contributed by atoms with Gasteiger partial charge in [0.15, 0.2) is 10.6 Å². The number of rotatable bonds is 7. The first-order chi connectivity index (χ1) is 16.4. The van der Waals surface area contributed by atoms with Crippen LogP contribution in [0.5, 0.6) is 0 Å². The summed E-state index contributed by atoms with van der Waals surface area (Å²) in [7, 11) is 0. The van der Waals surface area contributed by atoms with Gasteiger partial charge < -0.3 is 10.6 Å². The highest BCUT2D eigenvalue weighted by molar-refractivity contribution is 7.71. The average molecular weight is 472 g/mol. The average Bonchev–Trinajstić information content (AvgIpc) is 3.18. The second-order valence-electron chi connectivity index (χ2n) is 8.11. The van der Waals surface area contributed by atoms with Crippen molar-refractivity contribution in [3.8, 4) is 11.4 Å². The first-order valence-electron chi connectivity index (χ1n) is 10.8. The number of aromatic amines is 1. The molecule has 1 aromatic heterocycles. The Bertz CT molecular complexity index is 1390. The van der Waals surface area contributed by atoms with Crippen LogP contribution in [0.1, 0.15) is 27.0 Å². The highest BCUT2D eigenvalue weighted by atomic mass is 32.1. The Hall–Kier alpha value is -4.04. The third kappa shape index (κ3) is 5.65. The first kappa shape index (κ1) is 23.1. The van der Waals surface area contributed by atoms with Crippen molar-refractivity contribution in [2.24, 2.45) is 0 Å². The minimum atomic E-state index is -0.194. The van der Waals surface area contributed by atoms with Gasteiger partial charge in [-0.15, -0.1) is 0 Å². The predicted molar refractivity (Wildman–Crippen MR) is 135 cm³/mol. The summed E-state index contributed by atoms with van der Waals surface area (Å²) in [5.74, 6) is 0.240. The lowest BCUT2D eigenvalue weighted by Gasteiger charge is -2.10. The van der Waals surface area contributed by atoms with Crippen molar-refractivity contribution in [1.82, 2.24) is 20.1 Å². The molecule has 3 N–H and O–H groups in total. The smallest absolute Gasteiger partial charge is 0.255 e. The van der Waals surface area contributed by atoms with E-state index in [0.717, 1.165) is 22.3 Å². The topological polar surface area (TPSA) is 91.8 Å². The lowest BCUT2D eigenvalue weighted by molar-refractivity contribution is -0.121. The number of amides is 2. The summed E-state index contributed by atoms with van der Waals surface area (Å²) in [5, 5.41) is 12.9. The van der Waals surface area contributed by atoms with Crippen molar-refractivity contribution < 1.29 is 9.59 Å². The number of anilines is 1. The number of carbonyl (C=O) groups excluding carboxylic acids is 2. The molecule has 0 unspecified atom stereocenters. The van der Waals surface area contributed by atoms with E-state index in [1.807, 2.05) is 74.5 Å². The van der Waals surface area contributed by atoms with Crippen LogP contribution >= 0.6 is 12.2 Å². The molecule has 0 aliphatic carbocycles. The molecule has 0 fully saturated rings. The van der Waals surface area contributed by atoms with Crippen molar-refractivity contribution in [2.75, 3.05) is 5.32 Å². The van der Waals surface area contributed by atoms with Gasteiger partial charge in [-0.3, -0.25) is 19.3 Å². The summed E-state index contributed by atoms with van der Waals surface area (Å²) < 4.78 is 2.06. The molecule has 0 saturated heterocycles. The Morgan fingerprint density at radius 1 is 0.971 bits per heavy atom. The van der Waals surface area contributed by atoms with Gasteiger partial charge in [-0.05, 0) is 62.0 Å². The zero-order valence-electron chi connectivity index (χ0n) is 19.0. The Balaban J connectivity index is 1.39. The highest BCUT2D eigenvalue weighted by Gasteiger charge is 2.13. The van der Waals surface area contributed by atoms with Gasteiger partial charge in [0.25, 0.3) is 5.91 Å². The molecule has 1 heterocycles. The van der Waals surface area contributed by atoms with Crippen LogP contribution in [0.4, 0.5) is 5.69 Å². The Labute approximate surface area is 202 Å². The van der Waals surface area contributed by atoms with Gasteiger partial charge in [-0.25, -0.2) is 0 Å². The van der Waals surface area contributed by atoms with Gasteiger partial charge in [0, 0.05) is 23.4 Å². The molecule has 0 aliphatic rings. The number of carbonyl (C=O) groups is 2. The monoisotopic (exact) mass is 471 g/mol. The fourth-order valence-electron chi connectivity index (χ4n) is 3.54. The van der Waals surface area contributed by atoms with Gasteiger partial charge in [0.1, 0.15) is 6.54 Å². The fourth-order valence-corrected chi connectivity index (χ4v) is 3.73. The molecular formula is C26H25N5O2S. The van der Waals surface area contributed by atoms with E-state index in [4.69, 9.17) is 12.2 Å². The summed E-state index contributed by atoms with van der Waals surface area (Å²) in [4.78, 5) is 25.2. The molecule has 34 heavy (non-hydrogen) atoms. The largest absolute Gasteiger partial charge is 0.350 e. The predicted octanol–water partition coefficient (Wildman–Crippen LogP) is 4.79. The number of benzene rings is 3. The van der Waals surface area contributed by atoms with Gasteiger partial charge in [0.05, 0.1) is 0 Å². The minimum absolute atomic E-state index is 0.0441. The van der Waals surface area contributed by atoms with Crippen molar-refractivity contribution in [3.05, 3.63) is 99.8 Å². The van der Waals surface area contributed by atoms with Gasteiger partial charge in [-0.2, -0.15) is 5.10 Å². The standard InChI is InChI=1S/C26H25N5O2S/c1-17-9-11-20(12-10-17)25(33)28-22-8-4-6-19(14-22)15-27-23(32)16-31-24(29-30-26(31)34)21-7-3-5-18(2)13-21/h3-14H,15-16H2,1-2H3,(H,27,32)(H,28,33)(H,30,34). The molecule has 0 atom stereocenters. The number of nitrogens with one attached hydrogen (secondary N) is 3. The van der Waals surface area contributed by atoms with Crippen LogP contribution in [0.15, 0.2) is 72.8 Å². The van der Waals surface area contributed by atoms with Crippen LogP contribution in [0.3, 0.4) is 0 Å². The van der Waals surface area contributed by atoms with E-state index in [2.05, 4.69) is 20.8 Å². The lowest BCUT2D eigenvalue weighted by Crippen LogP contribution is -2.27. The molecule has 2 amide bonds. The van der Waals surface area contributed by atoms with Gasteiger partial charge >= 0.3 is 0 Å². The molecule has 172 valence electrons. The van der Waals surface area contributed by atoms with E-state index < -0.39 is 0 Å². The molecule has 0 spiro atoms. The number of nitrogens with zero attached hydrogens (tertiary/aromatic N) is 2. The molecule has 8 heteroatoms. The summed E-state index contributed by atoms with van der Waals surface area (Å²) in [6.45, 7) is 4.34. The van der Waals surface area contributed by atoms with Gasteiger partial charge in [-0.1, -0.05) is 53.6 Å².